The fraction of sp³-hybridized carbons (Fsp3) is 0.250. The van der Waals surface area contributed by atoms with Crippen molar-refractivity contribution >= 4 is 5.91 Å². The van der Waals surface area contributed by atoms with Gasteiger partial charge in [-0.25, -0.2) is 4.39 Å². The van der Waals surface area contributed by atoms with Gasteiger partial charge in [-0.15, -0.1) is 0 Å². The summed E-state index contributed by atoms with van der Waals surface area (Å²) in [6, 6.07) is 8.05. The largest absolute Gasteiger partial charge is 0.433 e. The Morgan fingerprint density at radius 1 is 1.07 bits per heavy atom. The van der Waals surface area contributed by atoms with Crippen LogP contribution in [0.1, 0.15) is 18.3 Å². The van der Waals surface area contributed by atoms with Gasteiger partial charge in [-0.3, -0.25) is 14.5 Å². The van der Waals surface area contributed by atoms with E-state index in [9.17, 15) is 22.4 Å². The van der Waals surface area contributed by atoms with Crippen molar-refractivity contribution in [3.63, 3.8) is 0 Å². The average molecular weight is 404 g/mol. The minimum Gasteiger partial charge on any atom is -0.335 e. The minimum absolute atomic E-state index is 0.127. The summed E-state index contributed by atoms with van der Waals surface area (Å²) in [5.41, 5.74) is 1.39. The third kappa shape index (κ3) is 3.59. The van der Waals surface area contributed by atoms with Crippen molar-refractivity contribution < 1.29 is 22.4 Å². The minimum atomic E-state index is -4.59. The van der Waals surface area contributed by atoms with Crippen LogP contribution in [0.4, 0.5) is 17.6 Å². The van der Waals surface area contributed by atoms with Gasteiger partial charge in [-0.05, 0) is 42.0 Å². The van der Waals surface area contributed by atoms with Gasteiger partial charge in [0.2, 0.25) is 5.91 Å². The number of alkyl halides is 3. The molecule has 5 nitrogen and oxygen atoms in total. The van der Waals surface area contributed by atoms with Crippen LogP contribution < -0.4 is 0 Å². The molecule has 0 fully saturated rings. The maximum atomic E-state index is 13.4. The number of hydrogen-bond donors (Lipinski definition) is 0. The fourth-order valence-electron chi connectivity index (χ4n) is 3.44. The van der Waals surface area contributed by atoms with Crippen LogP contribution in [0.5, 0.6) is 0 Å². The third-order valence-electron chi connectivity index (χ3n) is 4.88. The Hall–Kier alpha value is -3.23. The highest BCUT2D eigenvalue weighted by molar-refractivity contribution is 5.83. The van der Waals surface area contributed by atoms with Crippen LogP contribution in [0.15, 0.2) is 42.6 Å². The highest BCUT2D eigenvalue weighted by Crippen LogP contribution is 2.38. The molecule has 1 amide bonds. The summed E-state index contributed by atoms with van der Waals surface area (Å²) in [5.74, 6) is -0.553. The maximum Gasteiger partial charge on any atom is 0.433 e. The van der Waals surface area contributed by atoms with Gasteiger partial charge >= 0.3 is 6.18 Å². The molecule has 1 aliphatic rings. The molecule has 9 heteroatoms. The first-order chi connectivity index (χ1) is 13.7. The van der Waals surface area contributed by atoms with E-state index in [-0.39, 0.29) is 12.5 Å². The van der Waals surface area contributed by atoms with E-state index < -0.39 is 17.7 Å². The Morgan fingerprint density at radius 2 is 1.79 bits per heavy atom. The lowest BCUT2D eigenvalue weighted by Gasteiger charge is -2.27. The number of benzene rings is 1. The van der Waals surface area contributed by atoms with Gasteiger partial charge in [0.05, 0.1) is 18.8 Å². The van der Waals surface area contributed by atoms with Crippen molar-refractivity contribution in [2.24, 2.45) is 0 Å². The van der Waals surface area contributed by atoms with E-state index in [1.54, 1.807) is 9.58 Å². The number of pyridine rings is 1. The third-order valence-corrected chi connectivity index (χ3v) is 4.88. The summed E-state index contributed by atoms with van der Waals surface area (Å²) in [6.07, 6.45) is -3.49. The molecule has 0 N–H and O–H groups in total. The van der Waals surface area contributed by atoms with Crippen LogP contribution in [0.2, 0.25) is 0 Å². The monoisotopic (exact) mass is 404 g/mol. The highest BCUT2D eigenvalue weighted by Gasteiger charge is 2.34. The maximum absolute atomic E-state index is 13.4. The van der Waals surface area contributed by atoms with E-state index in [0.717, 1.165) is 12.3 Å². The van der Waals surface area contributed by atoms with Gasteiger partial charge in [-0.2, -0.15) is 18.3 Å². The Morgan fingerprint density at radius 3 is 2.45 bits per heavy atom. The molecule has 3 heterocycles. The highest BCUT2D eigenvalue weighted by atomic mass is 19.4. The van der Waals surface area contributed by atoms with E-state index in [1.165, 1.54) is 37.3 Å². The molecule has 0 aliphatic carbocycles. The zero-order valence-corrected chi connectivity index (χ0v) is 15.4. The Labute approximate surface area is 163 Å². The van der Waals surface area contributed by atoms with E-state index in [2.05, 4.69) is 10.1 Å². The van der Waals surface area contributed by atoms with Crippen molar-refractivity contribution in [3.05, 3.63) is 59.8 Å². The molecule has 0 bridgehead atoms. The van der Waals surface area contributed by atoms with Crippen molar-refractivity contribution in [2.45, 2.75) is 26.2 Å². The smallest absolute Gasteiger partial charge is 0.335 e. The quantitative estimate of drug-likeness (QED) is 0.604. The number of amides is 1. The Kier molecular flexibility index (Phi) is 4.60. The second-order valence-corrected chi connectivity index (χ2v) is 6.77. The molecule has 0 spiro atoms. The van der Waals surface area contributed by atoms with Crippen molar-refractivity contribution in [3.8, 4) is 22.4 Å². The van der Waals surface area contributed by atoms with E-state index in [1.807, 2.05) is 0 Å². The van der Waals surface area contributed by atoms with E-state index in [0.29, 0.717) is 41.2 Å². The molecular weight excluding hydrogens is 388 g/mol. The number of nitrogens with zero attached hydrogens (tertiary/aromatic N) is 4. The zero-order chi connectivity index (χ0) is 20.8. The van der Waals surface area contributed by atoms with Crippen LogP contribution in [-0.2, 0) is 24.1 Å². The topological polar surface area (TPSA) is 51.0 Å². The molecule has 0 atom stereocenters. The van der Waals surface area contributed by atoms with Crippen molar-refractivity contribution in [1.29, 1.82) is 0 Å². The van der Waals surface area contributed by atoms with Gasteiger partial charge in [-0.1, -0.05) is 0 Å². The zero-order valence-electron chi connectivity index (χ0n) is 15.4. The lowest BCUT2D eigenvalue weighted by molar-refractivity contribution is -0.141. The summed E-state index contributed by atoms with van der Waals surface area (Å²) in [6.45, 7) is 2.54. The molecule has 150 valence electrons. The second kappa shape index (κ2) is 6.98. The standard InChI is InChI=1S/C20H16F4N4O/c1-12(29)27-8-9-28-16(11-27)18(14-6-7-25-17(10-14)20(22,23)24)19(26-28)13-2-4-15(21)5-3-13/h2-7,10H,8-9,11H2,1H3. The second-order valence-electron chi connectivity index (χ2n) is 6.77. The van der Waals surface area contributed by atoms with Gasteiger partial charge < -0.3 is 4.90 Å². The number of rotatable bonds is 2. The number of halogens is 4. The Bertz CT molecular complexity index is 1070. The SMILES string of the molecule is CC(=O)N1CCn2nc(-c3ccc(F)cc3)c(-c3ccnc(C(F)(F)F)c3)c2C1. The van der Waals surface area contributed by atoms with E-state index >= 15 is 0 Å². The predicted molar refractivity (Wildman–Crippen MR) is 96.9 cm³/mol. The molecule has 1 aromatic carbocycles. The fourth-order valence-corrected chi connectivity index (χ4v) is 3.44. The number of carbonyl (C=O) groups is 1. The molecule has 4 rings (SSSR count). The summed E-state index contributed by atoms with van der Waals surface area (Å²) in [5, 5.41) is 4.57. The molecule has 0 saturated carbocycles. The van der Waals surface area contributed by atoms with Gasteiger partial charge in [0.25, 0.3) is 0 Å². The van der Waals surface area contributed by atoms with Crippen molar-refractivity contribution in [2.75, 3.05) is 6.54 Å². The van der Waals surface area contributed by atoms with Crippen LogP contribution in [-0.4, -0.2) is 32.1 Å². The number of hydrogen-bond acceptors (Lipinski definition) is 3. The van der Waals surface area contributed by atoms with Gasteiger partial charge in [0.15, 0.2) is 0 Å². The molecular formula is C20H16F4N4O. The van der Waals surface area contributed by atoms with Crippen LogP contribution in [0, 0.1) is 5.82 Å². The molecule has 3 aromatic rings. The molecule has 29 heavy (non-hydrogen) atoms. The first-order valence-corrected chi connectivity index (χ1v) is 8.89. The van der Waals surface area contributed by atoms with Crippen LogP contribution in [0.25, 0.3) is 22.4 Å². The van der Waals surface area contributed by atoms with Gasteiger partial charge in [0.1, 0.15) is 17.2 Å². The predicted octanol–water partition coefficient (Wildman–Crippen LogP) is 4.13. The molecule has 1 aliphatic heterocycles. The van der Waals surface area contributed by atoms with Crippen LogP contribution in [0.3, 0.4) is 0 Å². The molecule has 0 unspecified atom stereocenters. The first kappa shape index (κ1) is 19.1. The molecule has 0 radical (unpaired) electrons. The lowest BCUT2D eigenvalue weighted by atomic mass is 9.98. The normalized spacial score (nSPS) is 14.0. The van der Waals surface area contributed by atoms with Gasteiger partial charge in [0, 0.05) is 30.8 Å². The summed E-state index contributed by atoms with van der Waals surface area (Å²) in [4.78, 5) is 16.9. The first-order valence-electron chi connectivity index (χ1n) is 8.89. The number of aromatic nitrogens is 3. The summed E-state index contributed by atoms with van der Waals surface area (Å²) in [7, 11) is 0. The molecule has 2 aromatic heterocycles. The van der Waals surface area contributed by atoms with Crippen molar-refractivity contribution in [1.82, 2.24) is 19.7 Å². The Balaban J connectivity index is 1.92. The molecule has 0 saturated heterocycles. The summed E-state index contributed by atoms with van der Waals surface area (Å²) < 4.78 is 54.7. The van der Waals surface area contributed by atoms with Crippen LogP contribution >= 0.6 is 0 Å². The number of carbonyl (C=O) groups excluding carboxylic acids is 1. The average Bonchev–Trinajstić information content (AvgIpc) is 3.06. The lowest BCUT2D eigenvalue weighted by Crippen LogP contribution is -2.37. The summed E-state index contributed by atoms with van der Waals surface area (Å²) >= 11 is 0. The van der Waals surface area contributed by atoms with E-state index in [4.69, 9.17) is 0 Å². The number of fused-ring (bicyclic) bond motifs is 1.